The Morgan fingerprint density at radius 2 is 1.66 bits per heavy atom. The Morgan fingerprint density at radius 3 is 2.41 bits per heavy atom. The van der Waals surface area contributed by atoms with Gasteiger partial charge < -0.3 is 11.1 Å². The summed E-state index contributed by atoms with van der Waals surface area (Å²) < 4.78 is 0. The molecule has 0 aliphatic heterocycles. The first kappa shape index (κ1) is 19.8. The highest BCUT2D eigenvalue weighted by molar-refractivity contribution is 6.03. The van der Waals surface area contributed by atoms with Crippen molar-refractivity contribution >= 4 is 28.9 Å². The minimum atomic E-state index is -0.380. The number of hydrogen-bond acceptors (Lipinski definition) is 4. The fourth-order valence-electron chi connectivity index (χ4n) is 2.77. The van der Waals surface area contributed by atoms with Crippen molar-refractivity contribution in [3.63, 3.8) is 0 Å². The van der Waals surface area contributed by atoms with Crippen molar-refractivity contribution in [2.75, 3.05) is 11.1 Å². The number of anilines is 2. The third kappa shape index (κ3) is 5.52. The van der Waals surface area contributed by atoms with E-state index in [2.05, 4.69) is 15.8 Å². The van der Waals surface area contributed by atoms with Gasteiger partial charge in [-0.15, -0.1) is 0 Å². The maximum absolute atomic E-state index is 12.3. The highest BCUT2D eigenvalue weighted by Gasteiger charge is 2.09. The average molecular weight is 386 g/mol. The van der Waals surface area contributed by atoms with Gasteiger partial charge in [-0.05, 0) is 42.3 Å². The third-order valence-electron chi connectivity index (χ3n) is 4.30. The van der Waals surface area contributed by atoms with Crippen molar-refractivity contribution in [1.82, 2.24) is 5.43 Å². The van der Waals surface area contributed by atoms with Crippen molar-refractivity contribution in [2.24, 2.45) is 5.10 Å². The van der Waals surface area contributed by atoms with Gasteiger partial charge in [0.15, 0.2) is 0 Å². The van der Waals surface area contributed by atoms with Gasteiger partial charge in [-0.1, -0.05) is 54.6 Å². The number of nitrogens with zero attached hydrogens (tertiary/aromatic N) is 1. The quantitative estimate of drug-likeness (QED) is 0.343. The largest absolute Gasteiger partial charge is 0.398 e. The standard InChI is InChI=1S/C23H22N4O2/c1-16(26-27-23(29)20-12-5-6-13-21(20)24)18-10-7-11-19(15-18)25-22(28)14-17-8-3-2-4-9-17/h2-13,15H,14,24H2,1H3,(H,25,28)(H,27,29)/b26-16+. The maximum Gasteiger partial charge on any atom is 0.273 e. The molecular formula is C23H22N4O2. The second-order valence-electron chi connectivity index (χ2n) is 6.52. The van der Waals surface area contributed by atoms with Crippen LogP contribution in [0.15, 0.2) is 84.0 Å². The predicted octanol–water partition coefficient (Wildman–Crippen LogP) is 3.60. The summed E-state index contributed by atoms with van der Waals surface area (Å²) in [6, 6.07) is 23.6. The summed E-state index contributed by atoms with van der Waals surface area (Å²) in [5.41, 5.74) is 12.1. The Hall–Kier alpha value is -3.93. The molecule has 146 valence electrons. The maximum atomic E-state index is 12.3. The van der Waals surface area contributed by atoms with Gasteiger partial charge in [0.2, 0.25) is 5.91 Å². The summed E-state index contributed by atoms with van der Waals surface area (Å²) in [6.45, 7) is 1.78. The summed E-state index contributed by atoms with van der Waals surface area (Å²) in [7, 11) is 0. The number of carbonyl (C=O) groups excluding carboxylic acids is 2. The lowest BCUT2D eigenvalue weighted by atomic mass is 10.1. The highest BCUT2D eigenvalue weighted by Crippen LogP contribution is 2.13. The Labute approximate surface area is 169 Å². The number of amides is 2. The predicted molar refractivity (Wildman–Crippen MR) is 116 cm³/mol. The Kier molecular flexibility index (Phi) is 6.37. The first-order valence-corrected chi connectivity index (χ1v) is 9.16. The van der Waals surface area contributed by atoms with Crippen molar-refractivity contribution in [3.8, 4) is 0 Å². The molecule has 0 fully saturated rings. The second kappa shape index (κ2) is 9.32. The van der Waals surface area contributed by atoms with E-state index in [0.29, 0.717) is 29.1 Å². The van der Waals surface area contributed by atoms with E-state index in [4.69, 9.17) is 5.73 Å². The van der Waals surface area contributed by atoms with E-state index in [1.165, 1.54) is 0 Å². The van der Waals surface area contributed by atoms with Crippen LogP contribution in [-0.4, -0.2) is 17.5 Å². The molecule has 3 rings (SSSR count). The normalized spacial score (nSPS) is 11.0. The molecule has 0 radical (unpaired) electrons. The molecule has 29 heavy (non-hydrogen) atoms. The van der Waals surface area contributed by atoms with Crippen LogP contribution in [0, 0.1) is 0 Å². The van der Waals surface area contributed by atoms with Gasteiger partial charge >= 0.3 is 0 Å². The smallest absolute Gasteiger partial charge is 0.273 e. The van der Waals surface area contributed by atoms with E-state index in [1.807, 2.05) is 54.6 Å². The van der Waals surface area contributed by atoms with Gasteiger partial charge in [0.25, 0.3) is 5.91 Å². The molecule has 0 aromatic heterocycles. The van der Waals surface area contributed by atoms with Crippen LogP contribution in [0.1, 0.15) is 28.4 Å². The molecule has 0 spiro atoms. The number of nitrogens with two attached hydrogens (primary N) is 1. The zero-order valence-corrected chi connectivity index (χ0v) is 16.1. The van der Waals surface area contributed by atoms with Crippen LogP contribution < -0.4 is 16.5 Å². The zero-order chi connectivity index (χ0) is 20.6. The molecule has 0 unspecified atom stereocenters. The van der Waals surface area contributed by atoms with Gasteiger partial charge in [-0.25, -0.2) is 5.43 Å². The van der Waals surface area contributed by atoms with E-state index in [-0.39, 0.29) is 11.8 Å². The van der Waals surface area contributed by atoms with Gasteiger partial charge in [0.1, 0.15) is 0 Å². The lowest BCUT2D eigenvalue weighted by Crippen LogP contribution is -2.20. The molecule has 3 aromatic rings. The average Bonchev–Trinajstić information content (AvgIpc) is 2.73. The van der Waals surface area contributed by atoms with E-state index >= 15 is 0 Å². The molecule has 0 saturated carbocycles. The molecule has 0 bridgehead atoms. The molecular weight excluding hydrogens is 364 g/mol. The molecule has 0 saturated heterocycles. The molecule has 0 atom stereocenters. The Balaban J connectivity index is 1.65. The first-order chi connectivity index (χ1) is 14.0. The number of hydrazone groups is 1. The van der Waals surface area contributed by atoms with E-state index in [0.717, 1.165) is 11.1 Å². The molecule has 0 aliphatic rings. The Bertz CT molecular complexity index is 1050. The van der Waals surface area contributed by atoms with Crippen LogP contribution in [0.2, 0.25) is 0 Å². The molecule has 6 nitrogen and oxygen atoms in total. The van der Waals surface area contributed by atoms with Crippen LogP contribution in [0.5, 0.6) is 0 Å². The first-order valence-electron chi connectivity index (χ1n) is 9.16. The number of nitrogen functional groups attached to an aromatic ring is 1. The van der Waals surface area contributed by atoms with E-state index < -0.39 is 0 Å². The minimum absolute atomic E-state index is 0.101. The highest BCUT2D eigenvalue weighted by atomic mass is 16.2. The molecule has 3 aromatic carbocycles. The Morgan fingerprint density at radius 1 is 0.931 bits per heavy atom. The topological polar surface area (TPSA) is 96.6 Å². The van der Waals surface area contributed by atoms with Gasteiger partial charge in [-0.2, -0.15) is 5.10 Å². The fraction of sp³-hybridized carbons (Fsp3) is 0.0870. The number of carbonyl (C=O) groups is 2. The molecule has 6 heteroatoms. The summed E-state index contributed by atoms with van der Waals surface area (Å²) in [4.78, 5) is 24.5. The van der Waals surface area contributed by atoms with Gasteiger partial charge in [0.05, 0.1) is 17.7 Å². The monoisotopic (exact) mass is 386 g/mol. The summed E-state index contributed by atoms with van der Waals surface area (Å²) in [6.07, 6.45) is 0.298. The van der Waals surface area contributed by atoms with Crippen LogP contribution >= 0.6 is 0 Å². The SMILES string of the molecule is C/C(=N\NC(=O)c1ccccc1N)c1cccc(NC(=O)Cc2ccccc2)c1. The summed E-state index contributed by atoms with van der Waals surface area (Å²) >= 11 is 0. The van der Waals surface area contributed by atoms with E-state index in [9.17, 15) is 9.59 Å². The van der Waals surface area contributed by atoms with Crippen molar-refractivity contribution < 1.29 is 9.59 Å². The number of nitrogens with one attached hydrogen (secondary N) is 2. The van der Waals surface area contributed by atoms with Crippen LogP contribution in [0.4, 0.5) is 11.4 Å². The van der Waals surface area contributed by atoms with Crippen molar-refractivity contribution in [1.29, 1.82) is 0 Å². The van der Waals surface area contributed by atoms with Crippen molar-refractivity contribution in [2.45, 2.75) is 13.3 Å². The lowest BCUT2D eigenvalue weighted by molar-refractivity contribution is -0.115. The van der Waals surface area contributed by atoms with Gasteiger partial charge in [-0.3, -0.25) is 9.59 Å². The molecule has 0 aliphatic carbocycles. The van der Waals surface area contributed by atoms with Crippen LogP contribution in [0.25, 0.3) is 0 Å². The van der Waals surface area contributed by atoms with Crippen LogP contribution in [-0.2, 0) is 11.2 Å². The number of para-hydroxylation sites is 1. The fourth-order valence-corrected chi connectivity index (χ4v) is 2.77. The zero-order valence-electron chi connectivity index (χ0n) is 16.1. The summed E-state index contributed by atoms with van der Waals surface area (Å²) in [5, 5.41) is 7.03. The number of rotatable bonds is 6. The van der Waals surface area contributed by atoms with Gasteiger partial charge in [0, 0.05) is 11.4 Å². The van der Waals surface area contributed by atoms with E-state index in [1.54, 1.807) is 31.2 Å². The van der Waals surface area contributed by atoms with Crippen LogP contribution in [0.3, 0.4) is 0 Å². The molecule has 4 N–H and O–H groups in total. The minimum Gasteiger partial charge on any atom is -0.398 e. The second-order valence-corrected chi connectivity index (χ2v) is 6.52. The third-order valence-corrected chi connectivity index (χ3v) is 4.30. The molecule has 0 heterocycles. The summed E-state index contributed by atoms with van der Waals surface area (Å²) in [5.74, 6) is -0.481. The molecule has 2 amide bonds. The van der Waals surface area contributed by atoms with Crippen molar-refractivity contribution in [3.05, 3.63) is 95.6 Å². The number of hydrogen-bond donors (Lipinski definition) is 3. The number of benzene rings is 3. The lowest BCUT2D eigenvalue weighted by Gasteiger charge is -2.08.